The third kappa shape index (κ3) is 10.4. The molecule has 296 valence electrons. The molecule has 2 aliphatic carbocycles. The number of carbonyl (C=O) groups is 3. The highest BCUT2D eigenvalue weighted by molar-refractivity contribution is 6.39. The van der Waals surface area contributed by atoms with Crippen molar-refractivity contribution in [1.29, 1.82) is 0 Å². The number of tetrazole rings is 1. The molecule has 0 spiro atoms. The number of carbonyl (C=O) groups excluding carboxylic acids is 3. The first-order valence-corrected chi connectivity index (χ1v) is 18.1. The number of hydrogen-bond donors (Lipinski definition) is 6. The minimum atomic E-state index is -4.61. The number of amides is 3. The zero-order chi connectivity index (χ0) is 40.0. The van der Waals surface area contributed by atoms with E-state index in [1.54, 1.807) is 60.7 Å². The Morgan fingerprint density at radius 2 is 1.58 bits per heavy atom. The van der Waals surface area contributed by atoms with Gasteiger partial charge >= 0.3 is 30.0 Å². The van der Waals surface area contributed by atoms with Gasteiger partial charge in [-0.3, -0.25) is 14.4 Å². The molecule has 6 N–H and O–H groups in total. The number of aromatic amines is 1. The Morgan fingerprint density at radius 3 is 2.26 bits per heavy atom. The number of nitrogens with one attached hydrogen (secondary N) is 6. The average Bonchev–Trinajstić information content (AvgIpc) is 3.53. The van der Waals surface area contributed by atoms with Gasteiger partial charge < -0.3 is 36.1 Å². The minimum absolute atomic E-state index is 0.00864. The molecule has 57 heavy (non-hydrogen) atoms. The largest absolute Gasteiger partial charge is 0.454 e. The molecule has 7 rings (SSSR count). The van der Waals surface area contributed by atoms with Crippen LogP contribution >= 0.6 is 11.6 Å². The molecule has 3 amide bonds. The Hall–Kier alpha value is -6.57. The van der Waals surface area contributed by atoms with E-state index in [9.17, 15) is 27.6 Å². The Morgan fingerprint density at radius 1 is 0.860 bits per heavy atom. The number of halogens is 4. The standard InChI is InChI=1S/C36H34ClF3N12O5/c37-23-8-6-22(7-9-23)35(16-17-35)48-32-45-31(46-33(47-32)56-19-36(38,39)40)43-25-10-4-20(5-11-25)28(53)41-18-21-2-1-3-27(21)44-30(55)29(54)42-24-12-14-26(15-13-24)57-34-49-51-52-50-34/h4-15,21,27H,1-3,16-19H2,(H,41,53)(H,42,54)(H,44,55)(H,49,50,51,52)(H2,43,45,46,47,48). The number of alkyl halides is 3. The zero-order valence-corrected chi connectivity index (χ0v) is 30.5. The predicted molar refractivity (Wildman–Crippen MR) is 198 cm³/mol. The fourth-order valence-electron chi connectivity index (χ4n) is 6.23. The summed E-state index contributed by atoms with van der Waals surface area (Å²) in [5, 5.41) is 28.0. The van der Waals surface area contributed by atoms with Crippen LogP contribution in [0.4, 0.5) is 36.4 Å². The minimum Gasteiger partial charge on any atom is -0.454 e. The van der Waals surface area contributed by atoms with Crippen LogP contribution in [0.1, 0.15) is 48.0 Å². The van der Waals surface area contributed by atoms with Gasteiger partial charge in [-0.25, -0.2) is 0 Å². The summed E-state index contributed by atoms with van der Waals surface area (Å²) < 4.78 is 49.2. The van der Waals surface area contributed by atoms with E-state index in [0.29, 0.717) is 34.1 Å². The van der Waals surface area contributed by atoms with Crippen molar-refractivity contribution in [2.24, 2.45) is 5.92 Å². The van der Waals surface area contributed by atoms with Gasteiger partial charge in [0.2, 0.25) is 11.9 Å². The summed E-state index contributed by atoms with van der Waals surface area (Å²) in [5.41, 5.74) is 1.53. The quantitative estimate of drug-likeness (QED) is 0.0789. The van der Waals surface area contributed by atoms with Gasteiger partial charge in [0.05, 0.1) is 5.54 Å². The van der Waals surface area contributed by atoms with Crippen LogP contribution in [0.3, 0.4) is 0 Å². The number of H-pyrrole nitrogens is 1. The molecule has 17 nitrogen and oxygen atoms in total. The molecular weight excluding hydrogens is 773 g/mol. The molecule has 0 radical (unpaired) electrons. The van der Waals surface area contributed by atoms with Crippen molar-refractivity contribution in [2.45, 2.75) is 49.9 Å². The second kappa shape index (κ2) is 16.7. The summed E-state index contributed by atoms with van der Waals surface area (Å²) in [7, 11) is 0. The Balaban J connectivity index is 0.918. The van der Waals surface area contributed by atoms with E-state index in [1.807, 2.05) is 12.1 Å². The topological polar surface area (TPSA) is 223 Å². The molecule has 2 heterocycles. The summed E-state index contributed by atoms with van der Waals surface area (Å²) in [6.45, 7) is -1.34. The molecule has 0 saturated heterocycles. The lowest BCUT2D eigenvalue weighted by atomic mass is 10.0. The number of hydrogen-bond acceptors (Lipinski definition) is 13. The third-order valence-electron chi connectivity index (χ3n) is 9.23. The number of nitrogens with zero attached hydrogens (tertiary/aromatic N) is 6. The van der Waals surface area contributed by atoms with Crippen molar-refractivity contribution in [1.82, 2.24) is 46.2 Å². The molecule has 21 heteroatoms. The molecule has 5 aromatic rings. The van der Waals surface area contributed by atoms with Gasteiger partial charge in [-0.1, -0.05) is 40.4 Å². The van der Waals surface area contributed by atoms with Gasteiger partial charge in [-0.05, 0) is 103 Å². The molecular formula is C36H34ClF3N12O5. The van der Waals surface area contributed by atoms with Gasteiger partial charge in [0, 0.05) is 34.5 Å². The van der Waals surface area contributed by atoms with E-state index in [1.165, 1.54) is 0 Å². The van der Waals surface area contributed by atoms with Crippen molar-refractivity contribution in [3.63, 3.8) is 0 Å². The van der Waals surface area contributed by atoms with E-state index < -0.39 is 36.1 Å². The molecule has 0 aliphatic heterocycles. The van der Waals surface area contributed by atoms with Gasteiger partial charge in [-0.15, -0.1) is 0 Å². The van der Waals surface area contributed by atoms with E-state index in [-0.39, 0.29) is 42.3 Å². The summed E-state index contributed by atoms with van der Waals surface area (Å²) in [5.74, 6) is -1.79. The molecule has 2 saturated carbocycles. The lowest BCUT2D eigenvalue weighted by molar-refractivity contribution is -0.154. The fourth-order valence-corrected chi connectivity index (χ4v) is 6.36. The molecule has 2 fully saturated rings. The lowest BCUT2D eigenvalue weighted by Gasteiger charge is -2.21. The average molecular weight is 807 g/mol. The van der Waals surface area contributed by atoms with Crippen molar-refractivity contribution in [3.05, 3.63) is 88.9 Å². The van der Waals surface area contributed by atoms with Crippen LogP contribution in [0.5, 0.6) is 17.8 Å². The maximum Gasteiger partial charge on any atom is 0.422 e. The monoisotopic (exact) mass is 806 g/mol. The first-order valence-electron chi connectivity index (χ1n) is 17.7. The maximum absolute atomic E-state index is 13.1. The predicted octanol–water partition coefficient (Wildman–Crippen LogP) is 5.27. The number of ether oxygens (including phenoxy) is 2. The molecule has 2 aromatic heterocycles. The van der Waals surface area contributed by atoms with Crippen molar-refractivity contribution < 1.29 is 37.0 Å². The number of rotatable bonds is 14. The highest BCUT2D eigenvalue weighted by atomic mass is 35.5. The molecule has 3 aromatic carbocycles. The van der Waals surface area contributed by atoms with Crippen LogP contribution in [0.25, 0.3) is 0 Å². The van der Waals surface area contributed by atoms with Gasteiger partial charge in [-0.2, -0.15) is 33.3 Å². The number of anilines is 4. The fraction of sp³-hybridized carbons (Fsp3) is 0.306. The Kier molecular flexibility index (Phi) is 11.3. The maximum atomic E-state index is 13.1. The highest BCUT2D eigenvalue weighted by Crippen LogP contribution is 2.48. The normalized spacial score (nSPS) is 16.9. The number of benzene rings is 3. The second-order valence-electron chi connectivity index (χ2n) is 13.3. The van der Waals surface area contributed by atoms with Gasteiger partial charge in [0.25, 0.3) is 5.91 Å². The van der Waals surface area contributed by atoms with Crippen LogP contribution in [-0.4, -0.2) is 78.7 Å². The first-order chi connectivity index (χ1) is 27.4. The van der Waals surface area contributed by atoms with Gasteiger partial charge in [0.15, 0.2) is 6.61 Å². The van der Waals surface area contributed by atoms with Crippen LogP contribution in [-0.2, 0) is 15.1 Å². The highest BCUT2D eigenvalue weighted by Gasteiger charge is 2.45. The van der Waals surface area contributed by atoms with Crippen molar-refractivity contribution >= 4 is 52.6 Å². The molecule has 2 aliphatic rings. The third-order valence-corrected chi connectivity index (χ3v) is 9.49. The summed E-state index contributed by atoms with van der Waals surface area (Å²) in [6, 6.07) is 18.9. The number of aromatic nitrogens is 7. The summed E-state index contributed by atoms with van der Waals surface area (Å²) >= 11 is 6.04. The molecule has 0 bridgehead atoms. The summed E-state index contributed by atoms with van der Waals surface area (Å²) in [4.78, 5) is 50.9. The van der Waals surface area contributed by atoms with Crippen LogP contribution < -0.4 is 36.1 Å². The van der Waals surface area contributed by atoms with Gasteiger partial charge in [0.1, 0.15) is 5.75 Å². The Labute approximate surface area is 326 Å². The van der Waals surface area contributed by atoms with Crippen LogP contribution in [0, 0.1) is 5.92 Å². The first kappa shape index (κ1) is 38.7. The zero-order valence-electron chi connectivity index (χ0n) is 29.8. The molecule has 2 atom stereocenters. The SMILES string of the molecule is O=C(Nc1ccc(Oc2nn[nH]n2)cc1)C(=O)NC1CCCC1CNC(=O)c1ccc(Nc2nc(NC3(c4ccc(Cl)cc4)CC3)nc(OCC(F)(F)F)n2)cc1. The van der Waals surface area contributed by atoms with E-state index in [0.717, 1.165) is 31.2 Å². The van der Waals surface area contributed by atoms with E-state index in [4.69, 9.17) is 21.1 Å². The van der Waals surface area contributed by atoms with Crippen LogP contribution in [0.15, 0.2) is 72.8 Å². The summed E-state index contributed by atoms with van der Waals surface area (Å²) in [6.07, 6.45) is -0.974. The smallest absolute Gasteiger partial charge is 0.422 e. The lowest BCUT2D eigenvalue weighted by Crippen LogP contribution is -2.46. The molecule has 2 unspecified atom stereocenters. The van der Waals surface area contributed by atoms with Crippen molar-refractivity contribution in [2.75, 3.05) is 29.1 Å². The van der Waals surface area contributed by atoms with Crippen LogP contribution in [0.2, 0.25) is 5.02 Å². The van der Waals surface area contributed by atoms with E-state index in [2.05, 4.69) is 62.2 Å². The Bertz CT molecular complexity index is 2190. The van der Waals surface area contributed by atoms with E-state index >= 15 is 0 Å². The van der Waals surface area contributed by atoms with Crippen molar-refractivity contribution in [3.8, 4) is 17.8 Å². The second-order valence-corrected chi connectivity index (χ2v) is 13.8.